The molecule has 196 valence electrons. The summed E-state index contributed by atoms with van der Waals surface area (Å²) in [5.41, 5.74) is 9.00. The van der Waals surface area contributed by atoms with Gasteiger partial charge in [-0.1, -0.05) is 60.7 Å². The van der Waals surface area contributed by atoms with Crippen LogP contribution < -0.4 is 0 Å². The van der Waals surface area contributed by atoms with Crippen molar-refractivity contribution in [1.82, 2.24) is 29.9 Å². The van der Waals surface area contributed by atoms with Gasteiger partial charge in [0.1, 0.15) is 11.4 Å². The van der Waals surface area contributed by atoms with Crippen LogP contribution in [0.25, 0.3) is 78.0 Å². The van der Waals surface area contributed by atoms with Crippen LogP contribution in [0, 0.1) is 0 Å². The van der Waals surface area contributed by atoms with Gasteiger partial charge in [-0.15, -0.1) is 0 Å². The van der Waals surface area contributed by atoms with Gasteiger partial charge in [0.15, 0.2) is 5.82 Å². The predicted molar refractivity (Wildman–Crippen MR) is 167 cm³/mol. The monoisotopic (exact) mass is 538 g/mol. The summed E-state index contributed by atoms with van der Waals surface area (Å²) in [6, 6.07) is 38.8. The Labute approximate surface area is 241 Å². The zero-order chi connectivity index (χ0) is 27.9. The maximum absolute atomic E-state index is 5.05. The average molecular weight is 539 g/mol. The van der Waals surface area contributed by atoms with Crippen molar-refractivity contribution in [3.63, 3.8) is 0 Å². The molecule has 0 aliphatic heterocycles. The molecule has 0 aliphatic carbocycles. The molecule has 0 unspecified atom stereocenters. The molecule has 0 aliphatic rings. The molecule has 3 aromatic carbocycles. The molecule has 6 heteroatoms. The molecular formula is C36H22N6. The number of hydrogen-bond acceptors (Lipinski definition) is 6. The van der Waals surface area contributed by atoms with E-state index in [2.05, 4.69) is 87.7 Å². The van der Waals surface area contributed by atoms with Crippen LogP contribution in [0.5, 0.6) is 0 Å². The first-order valence-electron chi connectivity index (χ1n) is 13.7. The molecule has 0 saturated heterocycles. The van der Waals surface area contributed by atoms with Gasteiger partial charge in [0.25, 0.3) is 0 Å². The molecular weight excluding hydrogens is 516 g/mol. The molecule has 5 heterocycles. The van der Waals surface area contributed by atoms with E-state index in [-0.39, 0.29) is 0 Å². The lowest BCUT2D eigenvalue weighted by molar-refractivity contribution is 1.16. The molecule has 0 amide bonds. The second-order valence-electron chi connectivity index (χ2n) is 10.0. The van der Waals surface area contributed by atoms with Gasteiger partial charge in [-0.05, 0) is 65.7 Å². The highest BCUT2D eigenvalue weighted by Crippen LogP contribution is 2.33. The normalized spacial score (nSPS) is 11.3. The van der Waals surface area contributed by atoms with Crippen molar-refractivity contribution in [2.45, 2.75) is 0 Å². The average Bonchev–Trinajstić information content (AvgIpc) is 3.08. The van der Waals surface area contributed by atoms with Crippen LogP contribution in [0.3, 0.4) is 0 Å². The Morgan fingerprint density at radius 2 is 1.14 bits per heavy atom. The second kappa shape index (κ2) is 9.94. The highest BCUT2D eigenvalue weighted by Gasteiger charge is 2.14. The molecule has 42 heavy (non-hydrogen) atoms. The van der Waals surface area contributed by atoms with Crippen LogP contribution in [0.15, 0.2) is 134 Å². The Kier molecular flexibility index (Phi) is 5.67. The van der Waals surface area contributed by atoms with Crippen LogP contribution >= 0.6 is 0 Å². The second-order valence-corrected chi connectivity index (χ2v) is 10.0. The molecule has 0 N–H and O–H groups in total. The van der Waals surface area contributed by atoms with Gasteiger partial charge in [-0.3, -0.25) is 15.0 Å². The van der Waals surface area contributed by atoms with Crippen LogP contribution in [0.2, 0.25) is 0 Å². The Balaban J connectivity index is 1.26. The fourth-order valence-corrected chi connectivity index (χ4v) is 5.36. The van der Waals surface area contributed by atoms with Crippen LogP contribution in [0.1, 0.15) is 0 Å². The van der Waals surface area contributed by atoms with E-state index in [4.69, 9.17) is 15.0 Å². The van der Waals surface area contributed by atoms with Crippen LogP contribution in [-0.4, -0.2) is 29.9 Å². The quantitative estimate of drug-likeness (QED) is 0.210. The molecule has 0 bridgehead atoms. The number of aromatic nitrogens is 6. The molecule has 5 aromatic heterocycles. The van der Waals surface area contributed by atoms with Crippen molar-refractivity contribution < 1.29 is 0 Å². The number of rotatable bonds is 4. The van der Waals surface area contributed by atoms with Gasteiger partial charge >= 0.3 is 0 Å². The SMILES string of the molecule is c1ccc(-c2nc(-c3ccccn3)c3ccc(-c4cccc(-c5ccc6ccc7cccnc7c6n5)c4)cc3n2)nc1. The topological polar surface area (TPSA) is 77.3 Å². The summed E-state index contributed by atoms with van der Waals surface area (Å²) in [4.78, 5) is 28.6. The highest BCUT2D eigenvalue weighted by molar-refractivity contribution is 6.03. The summed E-state index contributed by atoms with van der Waals surface area (Å²) in [7, 11) is 0. The smallest absolute Gasteiger partial charge is 0.179 e. The molecule has 0 atom stereocenters. The number of benzene rings is 3. The van der Waals surface area contributed by atoms with E-state index in [0.717, 1.165) is 66.5 Å². The highest BCUT2D eigenvalue weighted by atomic mass is 14.9. The van der Waals surface area contributed by atoms with E-state index in [0.29, 0.717) is 11.5 Å². The molecule has 6 nitrogen and oxygen atoms in total. The number of hydrogen-bond donors (Lipinski definition) is 0. The van der Waals surface area contributed by atoms with E-state index in [1.54, 1.807) is 12.4 Å². The Morgan fingerprint density at radius 3 is 1.98 bits per heavy atom. The number of pyridine rings is 4. The molecule has 0 fully saturated rings. The van der Waals surface area contributed by atoms with Gasteiger partial charge in [-0.25, -0.2) is 15.0 Å². The predicted octanol–water partition coefficient (Wildman–Crippen LogP) is 8.18. The summed E-state index contributed by atoms with van der Waals surface area (Å²) in [5.74, 6) is 0.566. The molecule has 0 radical (unpaired) electrons. The van der Waals surface area contributed by atoms with E-state index in [9.17, 15) is 0 Å². The van der Waals surface area contributed by atoms with Gasteiger partial charge < -0.3 is 0 Å². The lowest BCUT2D eigenvalue weighted by Crippen LogP contribution is -1.97. The van der Waals surface area contributed by atoms with Gasteiger partial charge in [-0.2, -0.15) is 0 Å². The van der Waals surface area contributed by atoms with Gasteiger partial charge in [0, 0.05) is 40.3 Å². The summed E-state index contributed by atoms with van der Waals surface area (Å²) >= 11 is 0. The first-order valence-corrected chi connectivity index (χ1v) is 13.7. The van der Waals surface area contributed by atoms with E-state index in [1.165, 1.54) is 0 Å². The van der Waals surface area contributed by atoms with Crippen molar-refractivity contribution >= 4 is 32.7 Å². The van der Waals surface area contributed by atoms with Crippen molar-refractivity contribution in [3.05, 3.63) is 134 Å². The molecule has 8 aromatic rings. The minimum atomic E-state index is 0.566. The van der Waals surface area contributed by atoms with Gasteiger partial charge in [0.05, 0.1) is 27.9 Å². The largest absolute Gasteiger partial charge is 0.255 e. The van der Waals surface area contributed by atoms with E-state index >= 15 is 0 Å². The number of nitrogens with zero attached hydrogens (tertiary/aromatic N) is 6. The lowest BCUT2D eigenvalue weighted by atomic mass is 9.99. The lowest BCUT2D eigenvalue weighted by Gasteiger charge is -2.11. The number of fused-ring (bicyclic) bond motifs is 4. The Hall–Kier alpha value is -5.88. The first-order chi connectivity index (χ1) is 20.8. The third-order valence-corrected chi connectivity index (χ3v) is 7.42. The fourth-order valence-electron chi connectivity index (χ4n) is 5.36. The minimum absolute atomic E-state index is 0.566. The summed E-state index contributed by atoms with van der Waals surface area (Å²) < 4.78 is 0. The molecule has 0 spiro atoms. The maximum Gasteiger partial charge on any atom is 0.179 e. The Bertz CT molecular complexity index is 2250. The zero-order valence-electron chi connectivity index (χ0n) is 22.4. The molecule has 0 saturated carbocycles. The van der Waals surface area contributed by atoms with Crippen LogP contribution in [0.4, 0.5) is 0 Å². The van der Waals surface area contributed by atoms with E-state index < -0.39 is 0 Å². The standard InChI is InChI=1S/C36H22N6/c1-3-18-37-30(10-1)35-28-16-14-26(22-32(28)41-36(42-35)31-11-2-4-19-38-31)25-7-5-8-27(21-25)29-17-15-24-13-12-23-9-6-20-39-33(23)34(24)40-29/h1-22H. The first kappa shape index (κ1) is 24.0. The van der Waals surface area contributed by atoms with E-state index in [1.807, 2.05) is 48.7 Å². The molecule has 8 rings (SSSR count). The van der Waals surface area contributed by atoms with Crippen molar-refractivity contribution in [3.8, 4) is 45.3 Å². The third kappa shape index (κ3) is 4.22. The third-order valence-electron chi connectivity index (χ3n) is 7.42. The zero-order valence-corrected chi connectivity index (χ0v) is 22.4. The Morgan fingerprint density at radius 1 is 0.405 bits per heavy atom. The van der Waals surface area contributed by atoms with Gasteiger partial charge in [0.2, 0.25) is 0 Å². The summed E-state index contributed by atoms with van der Waals surface area (Å²) in [6.45, 7) is 0. The van der Waals surface area contributed by atoms with Crippen molar-refractivity contribution in [2.24, 2.45) is 0 Å². The summed E-state index contributed by atoms with van der Waals surface area (Å²) in [5, 5.41) is 3.09. The van der Waals surface area contributed by atoms with Crippen LogP contribution in [-0.2, 0) is 0 Å². The fraction of sp³-hybridized carbons (Fsp3) is 0. The van der Waals surface area contributed by atoms with Crippen molar-refractivity contribution in [2.75, 3.05) is 0 Å². The van der Waals surface area contributed by atoms with Crippen molar-refractivity contribution in [1.29, 1.82) is 0 Å². The minimum Gasteiger partial charge on any atom is -0.255 e. The maximum atomic E-state index is 5.05. The summed E-state index contributed by atoms with van der Waals surface area (Å²) in [6.07, 6.45) is 5.35.